The predicted molar refractivity (Wildman–Crippen MR) is 101 cm³/mol. The summed E-state index contributed by atoms with van der Waals surface area (Å²) in [6.45, 7) is 3.19. The Balaban J connectivity index is 0.00000156. The van der Waals surface area contributed by atoms with Crippen molar-refractivity contribution in [2.75, 3.05) is 18.5 Å². The van der Waals surface area contributed by atoms with Gasteiger partial charge in [0.2, 0.25) is 5.91 Å². The first-order valence-corrected chi connectivity index (χ1v) is 7.56. The Morgan fingerprint density at radius 3 is 2.72 bits per heavy atom. The van der Waals surface area contributed by atoms with E-state index in [9.17, 15) is 4.79 Å². The molecule has 2 N–H and O–H groups in total. The van der Waals surface area contributed by atoms with Gasteiger partial charge in [0.1, 0.15) is 17.5 Å². The molecule has 8 heteroatoms. The molecule has 1 aliphatic rings. The third kappa shape index (κ3) is 5.86. The molecule has 1 fully saturated rings. The van der Waals surface area contributed by atoms with Crippen molar-refractivity contribution in [1.29, 1.82) is 0 Å². The first-order valence-electron chi connectivity index (χ1n) is 7.56. The molecule has 6 nitrogen and oxygen atoms in total. The minimum atomic E-state index is -0.353. The number of morpholine rings is 1. The van der Waals surface area contributed by atoms with Gasteiger partial charge in [-0.3, -0.25) is 9.78 Å². The number of hydrogen-bond acceptors (Lipinski definition) is 5. The molecule has 1 saturated heterocycles. The van der Waals surface area contributed by atoms with Crippen LogP contribution < -0.4 is 15.4 Å². The van der Waals surface area contributed by atoms with E-state index >= 15 is 0 Å². The van der Waals surface area contributed by atoms with Gasteiger partial charge in [0.05, 0.1) is 12.7 Å². The van der Waals surface area contributed by atoms with Crippen molar-refractivity contribution in [3.05, 3.63) is 48.8 Å². The molecule has 136 valence electrons. The first kappa shape index (κ1) is 21.2. The maximum atomic E-state index is 12.3. The molecule has 2 heterocycles. The first-order chi connectivity index (χ1) is 11.2. The number of anilines is 1. The van der Waals surface area contributed by atoms with E-state index in [0.717, 1.165) is 0 Å². The highest BCUT2D eigenvalue weighted by Crippen LogP contribution is 2.23. The van der Waals surface area contributed by atoms with Gasteiger partial charge in [-0.2, -0.15) is 0 Å². The highest BCUT2D eigenvalue weighted by molar-refractivity contribution is 5.95. The Hall–Kier alpha value is -1.86. The molecular weight excluding hydrogens is 365 g/mol. The molecule has 2 atom stereocenters. The van der Waals surface area contributed by atoms with E-state index in [2.05, 4.69) is 15.6 Å². The van der Waals surface area contributed by atoms with Crippen LogP contribution in [0.5, 0.6) is 11.5 Å². The summed E-state index contributed by atoms with van der Waals surface area (Å²) >= 11 is 0. The normalized spacial score (nSPS) is 19.1. The summed E-state index contributed by atoms with van der Waals surface area (Å²) in [5.74, 6) is 1.23. The van der Waals surface area contributed by atoms with Crippen LogP contribution in [0.25, 0.3) is 0 Å². The quantitative estimate of drug-likeness (QED) is 0.845. The van der Waals surface area contributed by atoms with Crippen LogP contribution in [-0.4, -0.2) is 36.2 Å². The van der Waals surface area contributed by atoms with Crippen LogP contribution in [0.1, 0.15) is 6.92 Å². The highest BCUT2D eigenvalue weighted by Gasteiger charge is 2.28. The maximum absolute atomic E-state index is 12.3. The monoisotopic (exact) mass is 385 g/mol. The number of nitrogens with zero attached hydrogens (tertiary/aromatic N) is 1. The Morgan fingerprint density at radius 1 is 1.24 bits per heavy atom. The Bertz CT molecular complexity index is 673. The molecule has 0 aliphatic carbocycles. The van der Waals surface area contributed by atoms with Crippen LogP contribution in [0.15, 0.2) is 48.8 Å². The second-order valence-corrected chi connectivity index (χ2v) is 5.31. The molecule has 0 unspecified atom stereocenters. The zero-order valence-electron chi connectivity index (χ0n) is 13.7. The number of aromatic nitrogens is 1. The Morgan fingerprint density at radius 2 is 2.00 bits per heavy atom. The SMILES string of the molecule is C[C@H]1OCCN[C@@H]1C(=O)Nc1cccc(Oc2ccncc2)c1.Cl.Cl. The summed E-state index contributed by atoms with van der Waals surface area (Å²) in [6, 6.07) is 10.5. The largest absolute Gasteiger partial charge is 0.457 e. The van der Waals surface area contributed by atoms with E-state index in [0.29, 0.717) is 30.3 Å². The third-order valence-electron chi connectivity index (χ3n) is 3.59. The van der Waals surface area contributed by atoms with Gasteiger partial charge in [0.25, 0.3) is 0 Å². The molecule has 1 aromatic carbocycles. The number of ether oxygens (including phenoxy) is 2. The van der Waals surface area contributed by atoms with E-state index in [-0.39, 0.29) is 42.9 Å². The summed E-state index contributed by atoms with van der Waals surface area (Å²) < 4.78 is 11.2. The number of amides is 1. The number of carbonyl (C=O) groups excluding carboxylic acids is 1. The van der Waals surface area contributed by atoms with Gasteiger partial charge < -0.3 is 20.1 Å². The molecule has 1 amide bonds. The van der Waals surface area contributed by atoms with Gasteiger partial charge in [-0.1, -0.05) is 6.07 Å². The zero-order valence-corrected chi connectivity index (χ0v) is 15.3. The highest BCUT2D eigenvalue weighted by atomic mass is 35.5. The summed E-state index contributed by atoms with van der Waals surface area (Å²) in [6.07, 6.45) is 3.17. The summed E-state index contributed by atoms with van der Waals surface area (Å²) in [5.41, 5.74) is 0.682. The molecule has 25 heavy (non-hydrogen) atoms. The number of hydrogen-bond donors (Lipinski definition) is 2. The van der Waals surface area contributed by atoms with E-state index < -0.39 is 0 Å². The van der Waals surface area contributed by atoms with E-state index in [1.807, 2.05) is 25.1 Å². The lowest BCUT2D eigenvalue weighted by Crippen LogP contribution is -2.53. The van der Waals surface area contributed by atoms with Crippen LogP contribution in [0.4, 0.5) is 5.69 Å². The van der Waals surface area contributed by atoms with Crippen molar-refractivity contribution in [2.45, 2.75) is 19.1 Å². The molecule has 3 rings (SSSR count). The number of benzene rings is 1. The van der Waals surface area contributed by atoms with E-state index in [1.54, 1.807) is 30.6 Å². The van der Waals surface area contributed by atoms with Crippen LogP contribution in [0.3, 0.4) is 0 Å². The molecule has 0 bridgehead atoms. The van der Waals surface area contributed by atoms with E-state index in [4.69, 9.17) is 9.47 Å². The summed E-state index contributed by atoms with van der Waals surface area (Å²) in [4.78, 5) is 16.3. The fourth-order valence-corrected chi connectivity index (χ4v) is 2.43. The average Bonchev–Trinajstić information content (AvgIpc) is 2.56. The molecular formula is C17H21Cl2N3O3. The van der Waals surface area contributed by atoms with Gasteiger partial charge in [-0.25, -0.2) is 0 Å². The van der Waals surface area contributed by atoms with Crippen LogP contribution in [0, 0.1) is 0 Å². The second kappa shape index (κ2) is 10.2. The minimum absolute atomic E-state index is 0. The van der Waals surface area contributed by atoms with Crippen molar-refractivity contribution in [2.24, 2.45) is 0 Å². The van der Waals surface area contributed by atoms with Gasteiger partial charge >= 0.3 is 0 Å². The average molecular weight is 386 g/mol. The van der Waals surface area contributed by atoms with Crippen LogP contribution >= 0.6 is 24.8 Å². The summed E-state index contributed by atoms with van der Waals surface area (Å²) in [5, 5.41) is 6.06. The topological polar surface area (TPSA) is 72.5 Å². The van der Waals surface area contributed by atoms with Crippen LogP contribution in [-0.2, 0) is 9.53 Å². The molecule has 1 aliphatic heterocycles. The van der Waals surface area contributed by atoms with Gasteiger partial charge in [0, 0.05) is 30.7 Å². The number of nitrogens with one attached hydrogen (secondary N) is 2. The number of halogens is 2. The number of carbonyl (C=O) groups is 1. The molecule has 0 radical (unpaired) electrons. The lowest BCUT2D eigenvalue weighted by Gasteiger charge is -2.29. The predicted octanol–water partition coefficient (Wildman–Crippen LogP) is 3.03. The smallest absolute Gasteiger partial charge is 0.244 e. The standard InChI is InChI=1S/C17H19N3O3.2ClH/c1-12-16(19-9-10-22-12)17(21)20-13-3-2-4-15(11-13)23-14-5-7-18-8-6-14;;/h2-8,11-12,16,19H,9-10H2,1H3,(H,20,21);2*1H/t12-,16+;;/m1../s1. The van der Waals surface area contributed by atoms with Gasteiger partial charge in [0.15, 0.2) is 0 Å². The number of rotatable bonds is 4. The Kier molecular flexibility index (Phi) is 8.65. The van der Waals surface area contributed by atoms with Gasteiger partial charge in [-0.05, 0) is 31.2 Å². The molecule has 0 spiro atoms. The van der Waals surface area contributed by atoms with Gasteiger partial charge in [-0.15, -0.1) is 24.8 Å². The third-order valence-corrected chi connectivity index (χ3v) is 3.59. The van der Waals surface area contributed by atoms with E-state index in [1.165, 1.54) is 0 Å². The lowest BCUT2D eigenvalue weighted by atomic mass is 10.1. The Labute approximate surface area is 159 Å². The minimum Gasteiger partial charge on any atom is -0.457 e. The van der Waals surface area contributed by atoms with Crippen LogP contribution in [0.2, 0.25) is 0 Å². The molecule has 2 aromatic rings. The summed E-state index contributed by atoms with van der Waals surface area (Å²) in [7, 11) is 0. The number of pyridine rings is 1. The second-order valence-electron chi connectivity index (χ2n) is 5.31. The van der Waals surface area contributed by atoms with Crippen molar-refractivity contribution < 1.29 is 14.3 Å². The molecule has 0 saturated carbocycles. The van der Waals surface area contributed by atoms with Crippen molar-refractivity contribution in [3.8, 4) is 11.5 Å². The fourth-order valence-electron chi connectivity index (χ4n) is 2.43. The van der Waals surface area contributed by atoms with Crippen molar-refractivity contribution in [3.63, 3.8) is 0 Å². The fraction of sp³-hybridized carbons (Fsp3) is 0.294. The molecule has 1 aromatic heterocycles. The zero-order chi connectivity index (χ0) is 16.1. The lowest BCUT2D eigenvalue weighted by molar-refractivity contribution is -0.123. The van der Waals surface area contributed by atoms with Crippen molar-refractivity contribution in [1.82, 2.24) is 10.3 Å². The van der Waals surface area contributed by atoms with Crippen molar-refractivity contribution >= 4 is 36.4 Å². The maximum Gasteiger partial charge on any atom is 0.244 e.